The van der Waals surface area contributed by atoms with Crippen LogP contribution in [0.3, 0.4) is 0 Å². The maximum absolute atomic E-state index is 14.0. The van der Waals surface area contributed by atoms with Crippen molar-refractivity contribution in [2.75, 3.05) is 69.3 Å². The molecule has 348 valence electrons. The average Bonchev–Trinajstić information content (AvgIpc) is 3.97. The molecule has 4 saturated heterocycles. The largest absolute Gasteiger partial charge is 0.453 e. The fourth-order valence-corrected chi connectivity index (χ4v) is 11.7. The van der Waals surface area contributed by atoms with Gasteiger partial charge in [-0.1, -0.05) is 38.1 Å². The lowest BCUT2D eigenvalue weighted by atomic mass is 9.59. The highest BCUT2D eigenvalue weighted by Crippen LogP contribution is 2.54. The molecule has 7 heterocycles. The summed E-state index contributed by atoms with van der Waals surface area (Å²) < 4.78 is 47.1. The number of hydrogen-bond acceptors (Lipinski definition) is 14. The first-order chi connectivity index (χ1) is 31.9. The van der Waals surface area contributed by atoms with E-state index < -0.39 is 31.4 Å². The standard InChI is InChI=1S/C48H57N9O8S/c1-31(2)39-6-3-4-7-40(39)42-8-5-15-56(42)34-23-48(24-34)12-16-54(17-13-48)33-21-44(65-36-20-32-11-14-49-46(32)52-26-36)45(51-25-33)47(58)53-66(61,62)38-9-10-41(43(22-38)57(59)60)50-27-37-28-55(18-19-64-37)35-29-63-30-35/h3-4,6-7,9-11,14,20-22,25-26,31,34-35,37,42,50H,5,8,12-13,15-19,23-24,27-30H2,1-2H3,(H,49,52)(H,53,58). The van der Waals surface area contributed by atoms with Gasteiger partial charge in [0.05, 0.1) is 59.9 Å². The Morgan fingerprint density at radius 1 is 1.02 bits per heavy atom. The van der Waals surface area contributed by atoms with E-state index in [4.69, 9.17) is 14.2 Å². The minimum atomic E-state index is -4.62. The van der Waals surface area contributed by atoms with Crippen molar-refractivity contribution in [1.82, 2.24) is 29.5 Å². The number of ether oxygens (including phenoxy) is 3. The van der Waals surface area contributed by atoms with Crippen LogP contribution in [-0.2, 0) is 19.5 Å². The van der Waals surface area contributed by atoms with Crippen LogP contribution in [0.1, 0.15) is 85.9 Å². The molecule has 2 atom stereocenters. The summed E-state index contributed by atoms with van der Waals surface area (Å²) in [5, 5.41) is 16.1. The number of morpholine rings is 1. The number of aromatic amines is 1. The van der Waals surface area contributed by atoms with Crippen LogP contribution >= 0.6 is 0 Å². The van der Waals surface area contributed by atoms with Crippen molar-refractivity contribution in [3.8, 4) is 11.5 Å². The van der Waals surface area contributed by atoms with Gasteiger partial charge in [0.1, 0.15) is 17.1 Å². The monoisotopic (exact) mass is 919 g/mol. The Labute approximate surface area is 384 Å². The summed E-state index contributed by atoms with van der Waals surface area (Å²) in [7, 11) is -4.62. The molecule has 17 nitrogen and oxygen atoms in total. The number of fused-ring (bicyclic) bond motifs is 1. The van der Waals surface area contributed by atoms with E-state index in [9.17, 15) is 23.3 Å². The predicted molar refractivity (Wildman–Crippen MR) is 249 cm³/mol. The number of sulfonamides is 1. The molecule has 2 unspecified atom stereocenters. The Balaban J connectivity index is 0.828. The third kappa shape index (κ3) is 8.96. The number of benzene rings is 2. The molecule has 3 N–H and O–H groups in total. The van der Waals surface area contributed by atoms with Crippen molar-refractivity contribution in [2.24, 2.45) is 5.41 Å². The summed E-state index contributed by atoms with van der Waals surface area (Å²) in [6.45, 7) is 10.9. The van der Waals surface area contributed by atoms with E-state index in [0.29, 0.717) is 61.8 Å². The lowest BCUT2D eigenvalue weighted by molar-refractivity contribution is -0.384. The van der Waals surface area contributed by atoms with E-state index in [-0.39, 0.29) is 35.2 Å². The molecule has 10 rings (SSSR count). The smallest absolute Gasteiger partial charge is 0.293 e. The lowest BCUT2D eigenvalue weighted by Gasteiger charge is -2.56. The average molecular weight is 920 g/mol. The fraction of sp³-hybridized carbons (Fsp3) is 0.479. The van der Waals surface area contributed by atoms with E-state index in [1.54, 1.807) is 24.5 Å². The quantitative estimate of drug-likeness (QED) is 0.0761. The molecule has 66 heavy (non-hydrogen) atoms. The van der Waals surface area contributed by atoms with Gasteiger partial charge in [-0.05, 0) is 91.8 Å². The lowest BCUT2D eigenvalue weighted by Crippen LogP contribution is -2.56. The van der Waals surface area contributed by atoms with E-state index in [0.717, 1.165) is 56.2 Å². The number of H-pyrrole nitrogens is 1. The van der Waals surface area contributed by atoms with Crippen molar-refractivity contribution < 1.29 is 32.3 Å². The van der Waals surface area contributed by atoms with Gasteiger partial charge >= 0.3 is 0 Å². The summed E-state index contributed by atoms with van der Waals surface area (Å²) >= 11 is 0. The summed E-state index contributed by atoms with van der Waals surface area (Å²) in [5.41, 5.74) is 4.03. The second kappa shape index (κ2) is 18.2. The van der Waals surface area contributed by atoms with E-state index in [2.05, 4.69) is 77.8 Å². The second-order valence-corrected chi connectivity index (χ2v) is 20.6. The number of pyridine rings is 2. The molecule has 3 aromatic heterocycles. The first-order valence-electron chi connectivity index (χ1n) is 23.2. The van der Waals surface area contributed by atoms with Crippen LogP contribution in [-0.4, -0.2) is 121 Å². The summed E-state index contributed by atoms with van der Waals surface area (Å²) in [6, 6.07) is 19.2. The molecule has 1 spiro atoms. The van der Waals surface area contributed by atoms with Crippen LogP contribution in [0, 0.1) is 15.5 Å². The van der Waals surface area contributed by atoms with Crippen molar-refractivity contribution in [2.45, 2.75) is 87.4 Å². The number of carbonyl (C=O) groups is 1. The van der Waals surface area contributed by atoms with Gasteiger partial charge in [-0.2, -0.15) is 0 Å². The van der Waals surface area contributed by atoms with Gasteiger partial charge in [0.15, 0.2) is 11.4 Å². The highest BCUT2D eigenvalue weighted by Gasteiger charge is 2.50. The zero-order valence-corrected chi connectivity index (χ0v) is 38.2. The van der Waals surface area contributed by atoms with E-state index in [1.165, 1.54) is 55.1 Å². The molecule has 2 aromatic carbocycles. The van der Waals surface area contributed by atoms with Crippen molar-refractivity contribution in [3.63, 3.8) is 0 Å². The van der Waals surface area contributed by atoms with Crippen LogP contribution in [0.15, 0.2) is 84.1 Å². The molecule has 1 aliphatic carbocycles. The van der Waals surface area contributed by atoms with Gasteiger partial charge in [0.2, 0.25) is 0 Å². The molecule has 1 amide bonds. The van der Waals surface area contributed by atoms with Crippen LogP contribution < -0.4 is 19.7 Å². The summed E-state index contributed by atoms with van der Waals surface area (Å²) in [5.74, 6) is -0.194. The highest BCUT2D eigenvalue weighted by atomic mass is 32.2. The van der Waals surface area contributed by atoms with Crippen LogP contribution in [0.4, 0.5) is 17.1 Å². The van der Waals surface area contributed by atoms with Crippen LogP contribution in [0.5, 0.6) is 11.5 Å². The molecule has 0 radical (unpaired) electrons. The van der Waals surface area contributed by atoms with E-state index in [1.807, 2.05) is 6.07 Å². The molecule has 18 heteroatoms. The molecule has 5 aliphatic rings. The topological polar surface area (TPSA) is 197 Å². The second-order valence-electron chi connectivity index (χ2n) is 18.9. The SMILES string of the molecule is CC(C)c1ccccc1C1CCCN1C1CC2(CCN(c3cnc(C(=O)NS(=O)(=O)c4ccc(NCC5CN(C6COC6)CCO5)c([N+](=O)[O-])c4)c(Oc4cnc5[nH]ccc5c4)c3)CC2)C1. The number of anilines is 2. The van der Waals surface area contributed by atoms with Crippen LogP contribution in [0.2, 0.25) is 0 Å². The summed E-state index contributed by atoms with van der Waals surface area (Å²) in [6.07, 6.45) is 11.5. The number of nitrogens with zero attached hydrogens (tertiary/aromatic N) is 6. The maximum atomic E-state index is 14.0. The first-order valence-corrected chi connectivity index (χ1v) is 24.6. The molecule has 4 aliphatic heterocycles. The number of aromatic nitrogens is 3. The van der Waals surface area contributed by atoms with Gasteiger partial charge in [-0.3, -0.25) is 24.7 Å². The Bertz CT molecular complexity index is 2710. The minimum absolute atomic E-state index is 0.0431. The number of carbonyl (C=O) groups excluding carboxylic acids is 1. The van der Waals surface area contributed by atoms with Crippen molar-refractivity contribution in [1.29, 1.82) is 0 Å². The Morgan fingerprint density at radius 2 is 1.83 bits per heavy atom. The Kier molecular flexibility index (Phi) is 12.2. The number of rotatable bonds is 14. The van der Waals surface area contributed by atoms with Gasteiger partial charge in [-0.15, -0.1) is 0 Å². The van der Waals surface area contributed by atoms with Gasteiger partial charge < -0.3 is 29.4 Å². The third-order valence-corrected chi connectivity index (χ3v) is 15.8. The number of nitro groups is 1. The molecular weight excluding hydrogens is 863 g/mol. The van der Waals surface area contributed by atoms with Gasteiger partial charge in [0.25, 0.3) is 21.6 Å². The Hall–Kier alpha value is -5.66. The third-order valence-electron chi connectivity index (χ3n) is 14.5. The number of nitro benzene ring substituents is 1. The Morgan fingerprint density at radius 3 is 2.61 bits per heavy atom. The number of nitrogens with one attached hydrogen (secondary N) is 3. The highest BCUT2D eigenvalue weighted by molar-refractivity contribution is 7.90. The molecule has 1 saturated carbocycles. The first kappa shape index (κ1) is 44.2. The zero-order valence-electron chi connectivity index (χ0n) is 37.4. The fourth-order valence-electron chi connectivity index (χ4n) is 10.7. The normalized spacial score (nSPS) is 21.8. The maximum Gasteiger partial charge on any atom is 0.293 e. The number of hydrogen-bond donors (Lipinski definition) is 3. The zero-order chi connectivity index (χ0) is 45.6. The van der Waals surface area contributed by atoms with E-state index >= 15 is 0 Å². The molecule has 0 bridgehead atoms. The van der Waals surface area contributed by atoms with Crippen LogP contribution in [0.25, 0.3) is 11.0 Å². The van der Waals surface area contributed by atoms with Crippen molar-refractivity contribution in [3.05, 3.63) is 106 Å². The van der Waals surface area contributed by atoms with Crippen molar-refractivity contribution >= 4 is 44.0 Å². The number of likely N-dealkylation sites (tertiary alicyclic amines) is 1. The predicted octanol–water partition coefficient (Wildman–Crippen LogP) is 7.00. The molecule has 5 aromatic rings. The molecule has 5 fully saturated rings. The minimum Gasteiger partial charge on any atom is -0.453 e. The number of amides is 1. The number of piperidine rings is 1. The summed E-state index contributed by atoms with van der Waals surface area (Å²) in [4.78, 5) is 44.4. The molecular formula is C48H57N9O8S. The van der Waals surface area contributed by atoms with Gasteiger partial charge in [-0.25, -0.2) is 23.1 Å². The van der Waals surface area contributed by atoms with Gasteiger partial charge in [0, 0.05) is 68.5 Å².